The lowest BCUT2D eigenvalue weighted by atomic mass is 10.2. The van der Waals surface area contributed by atoms with Gasteiger partial charge < -0.3 is 15.1 Å². The number of piperazine rings is 1. The van der Waals surface area contributed by atoms with E-state index in [9.17, 15) is 4.79 Å². The van der Waals surface area contributed by atoms with Crippen molar-refractivity contribution in [1.29, 1.82) is 0 Å². The van der Waals surface area contributed by atoms with Gasteiger partial charge in [0.15, 0.2) is 0 Å². The van der Waals surface area contributed by atoms with E-state index in [2.05, 4.69) is 38.1 Å². The second-order valence-electron chi connectivity index (χ2n) is 6.32. The van der Waals surface area contributed by atoms with Crippen molar-refractivity contribution in [1.82, 2.24) is 15.3 Å². The lowest BCUT2D eigenvalue weighted by Gasteiger charge is -2.36. The molecule has 0 spiro atoms. The van der Waals surface area contributed by atoms with Crippen molar-refractivity contribution < 1.29 is 4.79 Å². The highest BCUT2D eigenvalue weighted by molar-refractivity contribution is 6.30. The van der Waals surface area contributed by atoms with Crippen LogP contribution in [0.5, 0.6) is 0 Å². The molecule has 1 aromatic heterocycles. The molecule has 6 nitrogen and oxygen atoms in total. The summed E-state index contributed by atoms with van der Waals surface area (Å²) in [5.74, 6) is 0.643. The van der Waals surface area contributed by atoms with Gasteiger partial charge in [0.05, 0.1) is 12.4 Å². The van der Waals surface area contributed by atoms with E-state index in [-0.39, 0.29) is 5.91 Å². The molecule has 0 saturated carbocycles. The monoisotopic (exact) mass is 373 g/mol. The highest BCUT2D eigenvalue weighted by atomic mass is 35.5. The average molecular weight is 374 g/mol. The van der Waals surface area contributed by atoms with E-state index < -0.39 is 0 Å². The zero-order valence-electron chi connectivity index (χ0n) is 15.0. The van der Waals surface area contributed by atoms with Crippen LogP contribution in [0.15, 0.2) is 36.7 Å². The van der Waals surface area contributed by atoms with Crippen molar-refractivity contribution in [3.8, 4) is 0 Å². The van der Waals surface area contributed by atoms with Crippen LogP contribution in [0.2, 0.25) is 5.02 Å². The molecule has 0 atom stereocenters. The first-order chi connectivity index (χ1) is 12.7. The van der Waals surface area contributed by atoms with Gasteiger partial charge in [-0.1, -0.05) is 31.0 Å². The van der Waals surface area contributed by atoms with Gasteiger partial charge in [-0.25, -0.2) is 9.97 Å². The van der Waals surface area contributed by atoms with E-state index >= 15 is 0 Å². The maximum absolute atomic E-state index is 12.0. The second-order valence-corrected chi connectivity index (χ2v) is 6.76. The molecule has 26 heavy (non-hydrogen) atoms. The zero-order chi connectivity index (χ0) is 18.4. The van der Waals surface area contributed by atoms with Crippen LogP contribution < -0.4 is 15.1 Å². The molecule has 1 amide bonds. The summed E-state index contributed by atoms with van der Waals surface area (Å²) in [6, 6.07) is 7.92. The summed E-state index contributed by atoms with van der Waals surface area (Å²) >= 11 is 6.08. The topological polar surface area (TPSA) is 61.4 Å². The minimum atomic E-state index is -0.164. The molecule has 1 aromatic carbocycles. The van der Waals surface area contributed by atoms with Gasteiger partial charge in [-0.05, 0) is 24.6 Å². The van der Waals surface area contributed by atoms with Crippen LogP contribution in [0.3, 0.4) is 0 Å². The Labute approximate surface area is 159 Å². The van der Waals surface area contributed by atoms with Crippen molar-refractivity contribution >= 4 is 29.0 Å². The van der Waals surface area contributed by atoms with Crippen LogP contribution in [0, 0.1) is 0 Å². The number of nitrogens with one attached hydrogen (secondary N) is 1. The molecule has 3 rings (SSSR count). The minimum absolute atomic E-state index is 0.164. The summed E-state index contributed by atoms with van der Waals surface area (Å²) < 4.78 is 0. The molecule has 0 radical (unpaired) electrons. The fraction of sp³-hybridized carbons (Fsp3) is 0.421. The van der Waals surface area contributed by atoms with E-state index in [1.807, 2.05) is 18.2 Å². The largest absolute Gasteiger partial charge is 0.368 e. The molecule has 1 fully saturated rings. The van der Waals surface area contributed by atoms with E-state index in [1.54, 1.807) is 12.4 Å². The molecule has 2 heterocycles. The van der Waals surface area contributed by atoms with Crippen LogP contribution in [0.25, 0.3) is 0 Å². The quantitative estimate of drug-likeness (QED) is 0.789. The lowest BCUT2D eigenvalue weighted by Crippen LogP contribution is -2.46. The average Bonchev–Trinajstić information content (AvgIpc) is 2.68. The third-order valence-corrected chi connectivity index (χ3v) is 4.70. The number of hydrogen-bond donors (Lipinski definition) is 1. The molecule has 0 unspecified atom stereocenters. The molecule has 1 N–H and O–H groups in total. The van der Waals surface area contributed by atoms with Gasteiger partial charge in [0.1, 0.15) is 11.5 Å². The lowest BCUT2D eigenvalue weighted by molar-refractivity contribution is 0.0948. The molecule has 138 valence electrons. The number of anilines is 2. The predicted molar refractivity (Wildman–Crippen MR) is 105 cm³/mol. The Hall–Kier alpha value is -2.34. The van der Waals surface area contributed by atoms with Crippen LogP contribution in [0.1, 0.15) is 30.3 Å². The summed E-state index contributed by atoms with van der Waals surface area (Å²) in [6.07, 6.45) is 5.25. The molecule has 2 aromatic rings. The number of halogens is 1. The number of rotatable bonds is 6. The molecule has 0 bridgehead atoms. The number of aromatic nitrogens is 2. The van der Waals surface area contributed by atoms with Crippen molar-refractivity contribution in [2.24, 2.45) is 0 Å². The zero-order valence-corrected chi connectivity index (χ0v) is 15.7. The van der Waals surface area contributed by atoms with Gasteiger partial charge >= 0.3 is 0 Å². The number of hydrogen-bond acceptors (Lipinski definition) is 5. The van der Waals surface area contributed by atoms with Gasteiger partial charge in [-0.15, -0.1) is 0 Å². The van der Waals surface area contributed by atoms with Gasteiger partial charge in [-0.2, -0.15) is 0 Å². The van der Waals surface area contributed by atoms with Gasteiger partial charge in [0.25, 0.3) is 5.91 Å². The Balaban J connectivity index is 1.55. The normalized spacial score (nSPS) is 14.4. The summed E-state index contributed by atoms with van der Waals surface area (Å²) in [6.45, 7) is 6.24. The number of amides is 1. The van der Waals surface area contributed by atoms with E-state index in [1.165, 1.54) is 0 Å². The molecule has 0 aliphatic carbocycles. The van der Waals surface area contributed by atoms with Crippen LogP contribution in [-0.4, -0.2) is 48.6 Å². The Morgan fingerprint density at radius 2 is 1.92 bits per heavy atom. The Morgan fingerprint density at radius 3 is 2.58 bits per heavy atom. The Bertz CT molecular complexity index is 729. The molecular formula is C19H24ClN5O. The first-order valence-corrected chi connectivity index (χ1v) is 9.41. The first-order valence-electron chi connectivity index (χ1n) is 9.03. The molecule has 7 heteroatoms. The van der Waals surface area contributed by atoms with Crippen molar-refractivity contribution in [3.63, 3.8) is 0 Å². The fourth-order valence-corrected chi connectivity index (χ4v) is 3.12. The van der Waals surface area contributed by atoms with E-state index in [0.717, 1.165) is 55.5 Å². The SMILES string of the molecule is CCCCNC(=O)c1cnc(N2CCN(c3cccc(Cl)c3)CC2)cn1. The number of nitrogens with zero attached hydrogens (tertiary/aromatic N) is 4. The van der Waals surface area contributed by atoms with Gasteiger partial charge in [0.2, 0.25) is 0 Å². The molecule has 1 saturated heterocycles. The third-order valence-electron chi connectivity index (χ3n) is 4.46. The fourth-order valence-electron chi connectivity index (χ4n) is 2.94. The highest BCUT2D eigenvalue weighted by Crippen LogP contribution is 2.22. The molecule has 1 aliphatic rings. The number of unbranched alkanes of at least 4 members (excludes halogenated alkanes) is 1. The van der Waals surface area contributed by atoms with E-state index in [4.69, 9.17) is 11.6 Å². The van der Waals surface area contributed by atoms with Crippen LogP contribution in [0.4, 0.5) is 11.5 Å². The van der Waals surface area contributed by atoms with E-state index in [0.29, 0.717) is 12.2 Å². The summed E-state index contributed by atoms with van der Waals surface area (Å²) in [5, 5.41) is 3.61. The summed E-state index contributed by atoms with van der Waals surface area (Å²) in [5.41, 5.74) is 1.50. The number of carbonyl (C=O) groups is 1. The first kappa shape index (κ1) is 18.5. The Morgan fingerprint density at radius 1 is 1.15 bits per heavy atom. The molecular weight excluding hydrogens is 350 g/mol. The minimum Gasteiger partial charge on any atom is -0.368 e. The van der Waals surface area contributed by atoms with Crippen LogP contribution in [-0.2, 0) is 0 Å². The van der Waals surface area contributed by atoms with Gasteiger partial charge in [0, 0.05) is 43.4 Å². The predicted octanol–water partition coefficient (Wildman–Crippen LogP) is 2.99. The highest BCUT2D eigenvalue weighted by Gasteiger charge is 2.19. The van der Waals surface area contributed by atoms with Crippen LogP contribution >= 0.6 is 11.6 Å². The second kappa shape index (κ2) is 8.85. The summed E-state index contributed by atoms with van der Waals surface area (Å²) in [4.78, 5) is 25.2. The standard InChI is InChI=1S/C19H24ClN5O/c1-2-3-7-21-19(26)17-13-23-18(14-22-17)25-10-8-24(9-11-25)16-6-4-5-15(20)12-16/h4-6,12-14H,2-3,7-11H2,1H3,(H,21,26). The number of benzene rings is 1. The Kier molecular flexibility index (Phi) is 6.28. The third kappa shape index (κ3) is 4.64. The smallest absolute Gasteiger partial charge is 0.271 e. The van der Waals surface area contributed by atoms with Crippen molar-refractivity contribution in [3.05, 3.63) is 47.4 Å². The summed E-state index contributed by atoms with van der Waals surface area (Å²) in [7, 11) is 0. The van der Waals surface area contributed by atoms with Crippen molar-refractivity contribution in [2.45, 2.75) is 19.8 Å². The maximum atomic E-state index is 12.0. The molecule has 1 aliphatic heterocycles. The maximum Gasteiger partial charge on any atom is 0.271 e. The van der Waals surface area contributed by atoms with Crippen molar-refractivity contribution in [2.75, 3.05) is 42.5 Å². The van der Waals surface area contributed by atoms with Gasteiger partial charge in [-0.3, -0.25) is 4.79 Å². The number of carbonyl (C=O) groups excluding carboxylic acids is 1.